The van der Waals surface area contributed by atoms with Crippen LogP contribution in [0.3, 0.4) is 0 Å². The maximum atomic E-state index is 12.4. The lowest BCUT2D eigenvalue weighted by atomic mass is 10.1. The zero-order chi connectivity index (χ0) is 18.0. The van der Waals surface area contributed by atoms with Crippen molar-refractivity contribution in [2.75, 3.05) is 0 Å². The van der Waals surface area contributed by atoms with Crippen LogP contribution in [0.5, 0.6) is 5.88 Å². The van der Waals surface area contributed by atoms with Gasteiger partial charge in [-0.2, -0.15) is 13.4 Å². The minimum Gasteiger partial charge on any atom is -0.358 e. The van der Waals surface area contributed by atoms with Gasteiger partial charge >= 0.3 is 10.1 Å². The molecule has 0 saturated heterocycles. The molecular weight excluding hydrogens is 336 g/mol. The van der Waals surface area contributed by atoms with E-state index >= 15 is 0 Å². The Hall–Kier alpha value is -2.73. The summed E-state index contributed by atoms with van der Waals surface area (Å²) in [5, 5.41) is 0. The third kappa shape index (κ3) is 4.03. The molecule has 0 saturated carbocycles. The smallest absolute Gasteiger partial charge is 0.340 e. The molecule has 0 aliphatic carbocycles. The van der Waals surface area contributed by atoms with Gasteiger partial charge in [-0.1, -0.05) is 41.5 Å². The van der Waals surface area contributed by atoms with Crippen LogP contribution < -0.4 is 4.18 Å². The molecule has 1 heterocycles. The first-order chi connectivity index (χ1) is 11.8. The van der Waals surface area contributed by atoms with Gasteiger partial charge in [0, 0.05) is 17.3 Å². The van der Waals surface area contributed by atoms with Gasteiger partial charge < -0.3 is 4.18 Å². The van der Waals surface area contributed by atoms with E-state index < -0.39 is 10.1 Å². The van der Waals surface area contributed by atoms with Gasteiger partial charge in [0.1, 0.15) is 4.90 Å². The molecule has 0 spiro atoms. The van der Waals surface area contributed by atoms with Crippen molar-refractivity contribution in [3.8, 4) is 17.3 Å². The van der Waals surface area contributed by atoms with Crippen LogP contribution in [-0.4, -0.2) is 18.4 Å². The quantitative estimate of drug-likeness (QED) is 0.666. The van der Waals surface area contributed by atoms with Crippen molar-refractivity contribution in [1.82, 2.24) is 9.97 Å². The van der Waals surface area contributed by atoms with Gasteiger partial charge in [0.05, 0.1) is 0 Å². The maximum absolute atomic E-state index is 12.4. The molecule has 0 unspecified atom stereocenters. The van der Waals surface area contributed by atoms with Gasteiger partial charge in [-0.3, -0.25) is 0 Å². The van der Waals surface area contributed by atoms with Crippen molar-refractivity contribution < 1.29 is 12.6 Å². The van der Waals surface area contributed by atoms with E-state index in [9.17, 15) is 8.42 Å². The number of aryl methyl sites for hydroxylation is 3. The highest BCUT2D eigenvalue weighted by Gasteiger charge is 2.18. The molecule has 0 radical (unpaired) electrons. The number of benzene rings is 2. The lowest BCUT2D eigenvalue weighted by Gasteiger charge is -2.09. The Kier molecular flexibility index (Phi) is 4.55. The van der Waals surface area contributed by atoms with E-state index in [0.29, 0.717) is 11.5 Å². The first-order valence-corrected chi connectivity index (χ1v) is 9.18. The lowest BCUT2D eigenvalue weighted by Crippen LogP contribution is -2.11. The Morgan fingerprint density at radius 3 is 2.24 bits per heavy atom. The van der Waals surface area contributed by atoms with Crippen LogP contribution in [0.15, 0.2) is 59.5 Å². The molecule has 0 bridgehead atoms. The van der Waals surface area contributed by atoms with Crippen LogP contribution >= 0.6 is 0 Å². The average Bonchev–Trinajstić information content (AvgIpc) is 2.54. The van der Waals surface area contributed by atoms with Gasteiger partial charge in [-0.25, -0.2) is 4.98 Å². The SMILES string of the molecule is Cc1ccc(S(=O)(=O)Oc2cc(C)nc(-c3cccc(C)c3)n2)cc1. The first kappa shape index (κ1) is 17.1. The normalized spacial score (nSPS) is 11.3. The van der Waals surface area contributed by atoms with E-state index in [2.05, 4.69) is 9.97 Å². The molecule has 6 heteroatoms. The summed E-state index contributed by atoms with van der Waals surface area (Å²) >= 11 is 0. The fourth-order valence-electron chi connectivity index (χ4n) is 2.36. The van der Waals surface area contributed by atoms with Crippen LogP contribution in [0.4, 0.5) is 0 Å². The largest absolute Gasteiger partial charge is 0.358 e. The van der Waals surface area contributed by atoms with Gasteiger partial charge in [0.25, 0.3) is 0 Å². The van der Waals surface area contributed by atoms with E-state index in [0.717, 1.165) is 16.7 Å². The summed E-state index contributed by atoms with van der Waals surface area (Å²) < 4.78 is 30.1. The maximum Gasteiger partial charge on any atom is 0.340 e. The Morgan fingerprint density at radius 1 is 0.840 bits per heavy atom. The lowest BCUT2D eigenvalue weighted by molar-refractivity contribution is 0.475. The van der Waals surface area contributed by atoms with Crippen LogP contribution in [0.1, 0.15) is 16.8 Å². The molecule has 128 valence electrons. The molecule has 3 rings (SSSR count). The predicted molar refractivity (Wildman–Crippen MR) is 95.9 cm³/mol. The third-order valence-electron chi connectivity index (χ3n) is 3.61. The summed E-state index contributed by atoms with van der Waals surface area (Å²) in [7, 11) is -3.94. The average molecular weight is 354 g/mol. The van der Waals surface area contributed by atoms with E-state index in [1.54, 1.807) is 19.1 Å². The Bertz CT molecular complexity index is 1010. The van der Waals surface area contributed by atoms with Crippen molar-refractivity contribution in [1.29, 1.82) is 0 Å². The van der Waals surface area contributed by atoms with E-state index in [1.807, 2.05) is 38.1 Å². The molecule has 2 aromatic carbocycles. The minimum absolute atomic E-state index is 0.00424. The number of nitrogens with zero attached hydrogens (tertiary/aromatic N) is 2. The second kappa shape index (κ2) is 6.64. The third-order valence-corrected chi connectivity index (χ3v) is 4.85. The van der Waals surface area contributed by atoms with Crippen LogP contribution in [0, 0.1) is 20.8 Å². The molecule has 0 amide bonds. The predicted octanol–water partition coefficient (Wildman–Crippen LogP) is 3.84. The zero-order valence-electron chi connectivity index (χ0n) is 14.2. The summed E-state index contributed by atoms with van der Waals surface area (Å²) in [6.45, 7) is 5.63. The molecule has 0 fully saturated rings. The van der Waals surface area contributed by atoms with Crippen LogP contribution in [0.2, 0.25) is 0 Å². The molecule has 5 nitrogen and oxygen atoms in total. The molecule has 0 N–H and O–H groups in total. The van der Waals surface area contributed by atoms with Crippen LogP contribution in [-0.2, 0) is 10.1 Å². The Morgan fingerprint density at radius 2 is 1.56 bits per heavy atom. The van der Waals surface area contributed by atoms with Crippen molar-refractivity contribution in [2.45, 2.75) is 25.7 Å². The highest BCUT2D eigenvalue weighted by atomic mass is 32.2. The van der Waals surface area contributed by atoms with E-state index in [1.165, 1.54) is 18.2 Å². The van der Waals surface area contributed by atoms with E-state index in [-0.39, 0.29) is 10.8 Å². The number of aromatic nitrogens is 2. The van der Waals surface area contributed by atoms with Crippen molar-refractivity contribution in [3.63, 3.8) is 0 Å². The van der Waals surface area contributed by atoms with Gasteiger partial charge in [-0.05, 0) is 39.0 Å². The number of rotatable bonds is 4. The van der Waals surface area contributed by atoms with Gasteiger partial charge in [0.15, 0.2) is 5.82 Å². The summed E-state index contributed by atoms with van der Waals surface area (Å²) in [6.07, 6.45) is 0. The van der Waals surface area contributed by atoms with Gasteiger partial charge in [-0.15, -0.1) is 0 Å². The molecule has 0 atom stereocenters. The monoisotopic (exact) mass is 354 g/mol. The summed E-state index contributed by atoms with van der Waals surface area (Å²) in [6, 6.07) is 15.7. The van der Waals surface area contributed by atoms with Crippen molar-refractivity contribution in [3.05, 3.63) is 71.4 Å². The zero-order valence-corrected chi connectivity index (χ0v) is 15.0. The second-order valence-electron chi connectivity index (χ2n) is 5.89. The summed E-state index contributed by atoms with van der Waals surface area (Å²) in [4.78, 5) is 8.72. The van der Waals surface area contributed by atoms with Crippen molar-refractivity contribution in [2.24, 2.45) is 0 Å². The molecule has 0 aliphatic heterocycles. The Labute approximate surface area is 147 Å². The fraction of sp³-hybridized carbons (Fsp3) is 0.158. The topological polar surface area (TPSA) is 69.2 Å². The molecular formula is C19H18N2O3S. The number of hydrogen-bond acceptors (Lipinski definition) is 5. The Balaban J connectivity index is 1.96. The minimum atomic E-state index is -3.94. The van der Waals surface area contributed by atoms with Crippen molar-refractivity contribution >= 4 is 10.1 Å². The standard InChI is InChI=1S/C19H18N2O3S/c1-13-7-9-17(10-8-13)25(22,23)24-18-12-15(3)20-19(21-18)16-6-4-5-14(2)11-16/h4-12H,1-3H3. The highest BCUT2D eigenvalue weighted by Crippen LogP contribution is 2.22. The number of hydrogen-bond donors (Lipinski definition) is 0. The fourth-order valence-corrected chi connectivity index (χ4v) is 3.24. The van der Waals surface area contributed by atoms with Crippen LogP contribution in [0.25, 0.3) is 11.4 Å². The second-order valence-corrected chi connectivity index (χ2v) is 7.44. The molecule has 1 aromatic heterocycles. The van der Waals surface area contributed by atoms with Gasteiger partial charge in [0.2, 0.25) is 5.88 Å². The molecule has 3 aromatic rings. The summed E-state index contributed by atoms with van der Waals surface area (Å²) in [5.41, 5.74) is 3.47. The molecule has 0 aliphatic rings. The first-order valence-electron chi connectivity index (χ1n) is 7.77. The summed E-state index contributed by atoms with van der Waals surface area (Å²) in [5.74, 6) is 0.433. The molecule has 25 heavy (non-hydrogen) atoms. The highest BCUT2D eigenvalue weighted by molar-refractivity contribution is 7.87. The van der Waals surface area contributed by atoms with E-state index in [4.69, 9.17) is 4.18 Å².